The lowest BCUT2D eigenvalue weighted by Gasteiger charge is -2.24. The quantitative estimate of drug-likeness (QED) is 0.624. The summed E-state index contributed by atoms with van der Waals surface area (Å²) in [5, 5.41) is 16.4. The van der Waals surface area contributed by atoms with Crippen molar-refractivity contribution in [1.82, 2.24) is 10.2 Å². The molecule has 142 valence electrons. The fourth-order valence-electron chi connectivity index (χ4n) is 2.78. The van der Waals surface area contributed by atoms with Gasteiger partial charge in [0.25, 0.3) is 5.91 Å². The molecule has 7 heteroatoms. The number of carbonyl (C=O) groups is 1. The van der Waals surface area contributed by atoms with E-state index in [0.29, 0.717) is 18.2 Å². The zero-order valence-corrected chi connectivity index (χ0v) is 15.8. The molecule has 0 spiro atoms. The van der Waals surface area contributed by atoms with Crippen molar-refractivity contribution in [1.29, 1.82) is 5.26 Å². The van der Waals surface area contributed by atoms with Crippen LogP contribution in [0.15, 0.2) is 53.3 Å². The number of aryl methyl sites for hydroxylation is 1. The van der Waals surface area contributed by atoms with E-state index in [1.54, 1.807) is 29.2 Å². The summed E-state index contributed by atoms with van der Waals surface area (Å²) < 4.78 is 10.8. The van der Waals surface area contributed by atoms with Gasteiger partial charge >= 0.3 is 0 Å². The number of rotatable bonds is 7. The number of hydrogen-bond acceptors (Lipinski definition) is 6. The van der Waals surface area contributed by atoms with Crippen LogP contribution in [-0.4, -0.2) is 29.3 Å². The summed E-state index contributed by atoms with van der Waals surface area (Å²) in [5.74, 6) is 0.767. The molecule has 28 heavy (non-hydrogen) atoms. The van der Waals surface area contributed by atoms with Crippen molar-refractivity contribution in [2.24, 2.45) is 0 Å². The molecule has 3 rings (SSSR count). The van der Waals surface area contributed by atoms with Gasteiger partial charge in [-0.15, -0.1) is 10.2 Å². The van der Waals surface area contributed by atoms with Gasteiger partial charge in [0.15, 0.2) is 6.61 Å². The molecule has 0 N–H and O–H groups in total. The second-order valence-electron chi connectivity index (χ2n) is 6.23. The average molecular weight is 376 g/mol. The zero-order valence-electron chi connectivity index (χ0n) is 15.8. The summed E-state index contributed by atoms with van der Waals surface area (Å²) in [7, 11) is 0. The monoisotopic (exact) mass is 376 g/mol. The third-order valence-electron chi connectivity index (χ3n) is 4.44. The van der Waals surface area contributed by atoms with Crippen molar-refractivity contribution in [3.8, 4) is 23.3 Å². The molecule has 0 saturated carbocycles. The fourth-order valence-corrected chi connectivity index (χ4v) is 2.78. The second kappa shape index (κ2) is 8.82. The number of anilines is 1. The number of nitriles is 1. The normalized spacial score (nSPS) is 10.3. The Balaban J connectivity index is 1.70. The summed E-state index contributed by atoms with van der Waals surface area (Å²) >= 11 is 0. The van der Waals surface area contributed by atoms with E-state index in [9.17, 15) is 4.79 Å². The Hall–Kier alpha value is -3.66. The largest absolute Gasteiger partial charge is 0.484 e. The van der Waals surface area contributed by atoms with E-state index in [2.05, 4.69) is 16.3 Å². The van der Waals surface area contributed by atoms with Gasteiger partial charge in [0.1, 0.15) is 5.75 Å². The maximum Gasteiger partial charge on any atom is 0.264 e. The summed E-state index contributed by atoms with van der Waals surface area (Å²) in [6.45, 7) is 4.15. The molecule has 0 aliphatic rings. The van der Waals surface area contributed by atoms with Gasteiger partial charge in [-0.05, 0) is 55.3 Å². The molecule has 0 bridgehead atoms. The predicted octanol–water partition coefficient (Wildman–Crippen LogP) is 3.68. The highest BCUT2D eigenvalue weighted by atomic mass is 16.5. The minimum absolute atomic E-state index is 0.126. The third kappa shape index (κ3) is 4.35. The second-order valence-corrected chi connectivity index (χ2v) is 6.23. The van der Waals surface area contributed by atoms with E-state index in [1.165, 1.54) is 6.39 Å². The van der Waals surface area contributed by atoms with E-state index < -0.39 is 0 Å². The molecule has 0 fully saturated rings. The van der Waals surface area contributed by atoms with Crippen LogP contribution in [0, 0.1) is 25.2 Å². The number of nitrogens with zero attached hydrogens (tertiary/aromatic N) is 4. The SMILES string of the molecule is Cc1cccc(N(CCC#N)C(=O)COc2ccc(-c3nnco3)cc2)c1C. The molecule has 2 aromatic carbocycles. The zero-order chi connectivity index (χ0) is 19.9. The van der Waals surface area contributed by atoms with Crippen molar-refractivity contribution in [3.05, 3.63) is 60.0 Å². The van der Waals surface area contributed by atoms with E-state index >= 15 is 0 Å². The highest BCUT2D eigenvalue weighted by Crippen LogP contribution is 2.24. The molecule has 1 heterocycles. The molecular formula is C21H20N4O3. The molecule has 7 nitrogen and oxygen atoms in total. The maximum absolute atomic E-state index is 12.8. The summed E-state index contributed by atoms with van der Waals surface area (Å²) in [5.41, 5.74) is 3.67. The van der Waals surface area contributed by atoms with Gasteiger partial charge in [0.2, 0.25) is 12.3 Å². The van der Waals surface area contributed by atoms with Crippen LogP contribution in [-0.2, 0) is 4.79 Å². The molecule has 0 unspecified atom stereocenters. The molecule has 0 aliphatic carbocycles. The standard InChI is InChI=1S/C21H20N4O3/c1-15-5-3-6-19(16(15)2)25(12-4-11-22)20(26)13-27-18-9-7-17(8-10-18)21-24-23-14-28-21/h3,5-10,14H,4,12-13H2,1-2H3. The van der Waals surface area contributed by atoms with Crippen LogP contribution in [0.5, 0.6) is 5.75 Å². The first kappa shape index (κ1) is 19.1. The van der Waals surface area contributed by atoms with Crippen molar-refractivity contribution in [2.45, 2.75) is 20.3 Å². The van der Waals surface area contributed by atoms with E-state index in [0.717, 1.165) is 22.4 Å². The fraction of sp³-hybridized carbons (Fsp3) is 0.238. The number of ether oxygens (including phenoxy) is 1. The Morgan fingerprint density at radius 3 is 2.68 bits per heavy atom. The Bertz CT molecular complexity index is 976. The van der Waals surface area contributed by atoms with Crippen molar-refractivity contribution < 1.29 is 13.9 Å². The van der Waals surface area contributed by atoms with Crippen LogP contribution in [0.3, 0.4) is 0 Å². The molecule has 0 aliphatic heterocycles. The third-order valence-corrected chi connectivity index (χ3v) is 4.44. The molecule has 3 aromatic rings. The highest BCUT2D eigenvalue weighted by molar-refractivity contribution is 5.95. The van der Waals surface area contributed by atoms with Crippen molar-refractivity contribution in [2.75, 3.05) is 18.1 Å². The van der Waals surface area contributed by atoms with Crippen LogP contribution in [0.4, 0.5) is 5.69 Å². The van der Waals surface area contributed by atoms with E-state index in [1.807, 2.05) is 32.0 Å². The van der Waals surface area contributed by atoms with Crippen molar-refractivity contribution in [3.63, 3.8) is 0 Å². The van der Waals surface area contributed by atoms with Crippen LogP contribution in [0.25, 0.3) is 11.5 Å². The lowest BCUT2D eigenvalue weighted by atomic mass is 10.1. The minimum atomic E-state index is -0.204. The van der Waals surface area contributed by atoms with Crippen molar-refractivity contribution >= 4 is 11.6 Å². The van der Waals surface area contributed by atoms with E-state index in [-0.39, 0.29) is 18.9 Å². The Morgan fingerprint density at radius 2 is 2.00 bits per heavy atom. The number of benzene rings is 2. The first-order valence-corrected chi connectivity index (χ1v) is 8.83. The Morgan fingerprint density at radius 1 is 1.21 bits per heavy atom. The topological polar surface area (TPSA) is 92.2 Å². The van der Waals surface area contributed by atoms with Gasteiger partial charge in [0.05, 0.1) is 12.5 Å². The maximum atomic E-state index is 12.8. The molecule has 1 aromatic heterocycles. The molecular weight excluding hydrogens is 356 g/mol. The smallest absolute Gasteiger partial charge is 0.264 e. The Labute approximate surface area is 163 Å². The van der Waals surface area contributed by atoms with Gasteiger partial charge in [0, 0.05) is 17.8 Å². The predicted molar refractivity (Wildman–Crippen MR) is 104 cm³/mol. The van der Waals surface area contributed by atoms with Gasteiger partial charge in [-0.2, -0.15) is 5.26 Å². The lowest BCUT2D eigenvalue weighted by Crippen LogP contribution is -2.36. The molecule has 0 radical (unpaired) electrons. The van der Waals surface area contributed by atoms with Crippen LogP contribution >= 0.6 is 0 Å². The molecule has 0 atom stereocenters. The molecule has 0 saturated heterocycles. The van der Waals surface area contributed by atoms with Gasteiger partial charge in [-0.3, -0.25) is 4.79 Å². The van der Waals surface area contributed by atoms with Gasteiger partial charge in [-0.25, -0.2) is 0 Å². The minimum Gasteiger partial charge on any atom is -0.484 e. The van der Waals surface area contributed by atoms with Crippen LogP contribution in [0.2, 0.25) is 0 Å². The summed E-state index contributed by atoms with van der Waals surface area (Å²) in [6.07, 6.45) is 1.51. The first-order chi connectivity index (χ1) is 13.6. The van der Waals surface area contributed by atoms with E-state index in [4.69, 9.17) is 14.4 Å². The first-order valence-electron chi connectivity index (χ1n) is 8.83. The summed E-state index contributed by atoms with van der Waals surface area (Å²) in [6, 6.07) is 14.9. The number of amides is 1. The lowest BCUT2D eigenvalue weighted by molar-refractivity contribution is -0.120. The number of aromatic nitrogens is 2. The van der Waals surface area contributed by atoms with Gasteiger partial charge in [-0.1, -0.05) is 12.1 Å². The van der Waals surface area contributed by atoms with Crippen LogP contribution < -0.4 is 9.64 Å². The number of carbonyl (C=O) groups excluding carboxylic acids is 1. The number of hydrogen-bond donors (Lipinski definition) is 0. The average Bonchev–Trinajstić information content (AvgIpc) is 3.25. The highest BCUT2D eigenvalue weighted by Gasteiger charge is 2.18. The van der Waals surface area contributed by atoms with Gasteiger partial charge < -0.3 is 14.1 Å². The summed E-state index contributed by atoms with van der Waals surface area (Å²) in [4.78, 5) is 14.4. The molecule has 1 amide bonds. The Kier molecular flexibility index (Phi) is 6.02. The van der Waals surface area contributed by atoms with Crippen LogP contribution in [0.1, 0.15) is 17.5 Å².